The van der Waals surface area contributed by atoms with E-state index in [1.807, 2.05) is 38.1 Å². The molecule has 1 aromatic heterocycles. The van der Waals surface area contributed by atoms with Gasteiger partial charge in [-0.05, 0) is 36.2 Å². The Labute approximate surface area is 140 Å². The van der Waals surface area contributed by atoms with Gasteiger partial charge in [0.1, 0.15) is 5.82 Å². The summed E-state index contributed by atoms with van der Waals surface area (Å²) in [4.78, 5) is 16.4. The highest BCUT2D eigenvalue weighted by Gasteiger charge is 2.19. The molecule has 6 heteroatoms. The van der Waals surface area contributed by atoms with Gasteiger partial charge >= 0.3 is 6.03 Å². The minimum absolute atomic E-state index is 0.000218. The maximum atomic E-state index is 13.7. The van der Waals surface area contributed by atoms with Crippen molar-refractivity contribution in [3.63, 3.8) is 0 Å². The summed E-state index contributed by atoms with van der Waals surface area (Å²) in [5.74, 6) is -0.316. The molecule has 1 aromatic carbocycles. The van der Waals surface area contributed by atoms with E-state index in [1.54, 1.807) is 6.20 Å². The number of hydrogen-bond donors (Lipinski definition) is 2. The van der Waals surface area contributed by atoms with E-state index in [-0.39, 0.29) is 24.1 Å². The second-order valence-corrected chi connectivity index (χ2v) is 5.72. The van der Waals surface area contributed by atoms with Gasteiger partial charge in [0, 0.05) is 18.3 Å². The Bertz CT molecular complexity index is 740. The number of pyridine rings is 1. The van der Waals surface area contributed by atoms with E-state index < -0.39 is 11.8 Å². The van der Waals surface area contributed by atoms with Crippen LogP contribution in [-0.4, -0.2) is 11.0 Å². The summed E-state index contributed by atoms with van der Waals surface area (Å²) in [6, 6.07) is 10.8. The van der Waals surface area contributed by atoms with Crippen molar-refractivity contribution in [3.05, 3.63) is 65.2 Å². The number of nitrogens with one attached hydrogen (secondary N) is 2. The van der Waals surface area contributed by atoms with Gasteiger partial charge < -0.3 is 10.6 Å². The van der Waals surface area contributed by atoms with Gasteiger partial charge in [0.05, 0.1) is 23.4 Å². The number of urea groups is 1. The van der Waals surface area contributed by atoms with Crippen molar-refractivity contribution in [1.82, 2.24) is 15.6 Å². The smallest absolute Gasteiger partial charge is 0.315 e. The van der Waals surface area contributed by atoms with E-state index in [2.05, 4.69) is 15.6 Å². The first-order chi connectivity index (χ1) is 11.5. The third kappa shape index (κ3) is 4.53. The number of amides is 2. The molecule has 24 heavy (non-hydrogen) atoms. The fourth-order valence-electron chi connectivity index (χ4n) is 2.29. The molecular formula is C18H19FN4O. The van der Waals surface area contributed by atoms with Crippen LogP contribution in [0, 0.1) is 23.1 Å². The van der Waals surface area contributed by atoms with Crippen LogP contribution >= 0.6 is 0 Å². The lowest BCUT2D eigenvalue weighted by Gasteiger charge is -2.22. The maximum Gasteiger partial charge on any atom is 0.315 e. The van der Waals surface area contributed by atoms with Gasteiger partial charge in [-0.3, -0.25) is 4.98 Å². The summed E-state index contributed by atoms with van der Waals surface area (Å²) in [6.45, 7) is 3.96. The molecule has 1 atom stereocenters. The zero-order valence-corrected chi connectivity index (χ0v) is 13.6. The summed E-state index contributed by atoms with van der Waals surface area (Å²) in [5, 5.41) is 14.3. The normalized spacial score (nSPS) is 11.6. The molecule has 2 rings (SSSR count). The number of aromatic nitrogens is 1. The van der Waals surface area contributed by atoms with Crippen LogP contribution in [0.25, 0.3) is 0 Å². The zero-order chi connectivity index (χ0) is 17.5. The van der Waals surface area contributed by atoms with Crippen molar-refractivity contribution in [3.8, 4) is 6.07 Å². The van der Waals surface area contributed by atoms with Crippen LogP contribution in [0.3, 0.4) is 0 Å². The van der Waals surface area contributed by atoms with Crippen molar-refractivity contribution >= 4 is 6.03 Å². The monoisotopic (exact) mass is 326 g/mol. The Kier molecular flexibility index (Phi) is 5.85. The van der Waals surface area contributed by atoms with Gasteiger partial charge in [-0.2, -0.15) is 5.26 Å². The van der Waals surface area contributed by atoms with Crippen LogP contribution < -0.4 is 10.6 Å². The Balaban J connectivity index is 2.01. The van der Waals surface area contributed by atoms with E-state index in [4.69, 9.17) is 5.26 Å². The Hall–Kier alpha value is -2.94. The topological polar surface area (TPSA) is 77.8 Å². The molecule has 0 aliphatic heterocycles. The second kappa shape index (κ2) is 8.06. The van der Waals surface area contributed by atoms with Crippen molar-refractivity contribution in [2.45, 2.75) is 26.4 Å². The Morgan fingerprint density at radius 2 is 2.12 bits per heavy atom. The van der Waals surface area contributed by atoms with Gasteiger partial charge in [0.15, 0.2) is 0 Å². The molecule has 0 bridgehead atoms. The highest BCUT2D eigenvalue weighted by atomic mass is 19.1. The second-order valence-electron chi connectivity index (χ2n) is 5.72. The molecule has 0 aliphatic carbocycles. The fourth-order valence-corrected chi connectivity index (χ4v) is 2.29. The number of nitrogens with zero attached hydrogens (tertiary/aromatic N) is 2. The van der Waals surface area contributed by atoms with Crippen molar-refractivity contribution in [2.75, 3.05) is 0 Å². The predicted molar refractivity (Wildman–Crippen MR) is 88.3 cm³/mol. The first-order valence-corrected chi connectivity index (χ1v) is 7.65. The van der Waals surface area contributed by atoms with Crippen LogP contribution in [0.2, 0.25) is 0 Å². The molecule has 0 saturated heterocycles. The van der Waals surface area contributed by atoms with Gasteiger partial charge in [0.2, 0.25) is 0 Å². The number of halogens is 1. The first-order valence-electron chi connectivity index (χ1n) is 7.65. The molecule has 2 N–H and O–H groups in total. The molecule has 124 valence electrons. The number of carbonyl (C=O) groups is 1. The number of hydrogen-bond acceptors (Lipinski definition) is 3. The van der Waals surface area contributed by atoms with E-state index in [0.717, 1.165) is 5.69 Å². The summed E-state index contributed by atoms with van der Waals surface area (Å²) < 4.78 is 13.7. The zero-order valence-electron chi connectivity index (χ0n) is 13.6. The van der Waals surface area contributed by atoms with E-state index >= 15 is 0 Å². The van der Waals surface area contributed by atoms with Crippen molar-refractivity contribution in [2.24, 2.45) is 5.92 Å². The van der Waals surface area contributed by atoms with Crippen LogP contribution in [0.1, 0.15) is 36.7 Å². The molecule has 0 unspecified atom stereocenters. The molecule has 0 saturated carbocycles. The molecule has 0 radical (unpaired) electrons. The average Bonchev–Trinajstić information content (AvgIpc) is 2.59. The summed E-state index contributed by atoms with van der Waals surface area (Å²) >= 11 is 0. The van der Waals surface area contributed by atoms with Gasteiger partial charge in [-0.1, -0.05) is 19.9 Å². The molecule has 0 aliphatic rings. The molecule has 5 nitrogen and oxygen atoms in total. The summed E-state index contributed by atoms with van der Waals surface area (Å²) in [5.41, 5.74) is 1.38. The minimum Gasteiger partial charge on any atom is -0.334 e. The lowest BCUT2D eigenvalue weighted by atomic mass is 10.0. The number of benzene rings is 1. The summed E-state index contributed by atoms with van der Waals surface area (Å²) in [7, 11) is 0. The molecule has 1 heterocycles. The van der Waals surface area contributed by atoms with E-state index in [0.29, 0.717) is 5.56 Å². The molecule has 2 aromatic rings. The van der Waals surface area contributed by atoms with Gasteiger partial charge in [-0.15, -0.1) is 0 Å². The predicted octanol–water partition coefficient (Wildman–Crippen LogP) is 3.29. The van der Waals surface area contributed by atoms with Crippen LogP contribution in [0.4, 0.5) is 9.18 Å². The average molecular weight is 326 g/mol. The van der Waals surface area contributed by atoms with Crippen LogP contribution in [-0.2, 0) is 6.54 Å². The quantitative estimate of drug-likeness (QED) is 0.885. The maximum absolute atomic E-state index is 13.7. The van der Waals surface area contributed by atoms with Gasteiger partial charge in [0.25, 0.3) is 0 Å². The van der Waals surface area contributed by atoms with Crippen molar-refractivity contribution < 1.29 is 9.18 Å². The van der Waals surface area contributed by atoms with Crippen LogP contribution in [0.5, 0.6) is 0 Å². The molecular weight excluding hydrogens is 307 g/mol. The number of carbonyl (C=O) groups excluding carboxylic acids is 1. The molecule has 0 fully saturated rings. The lowest BCUT2D eigenvalue weighted by Crippen LogP contribution is -2.39. The summed E-state index contributed by atoms with van der Waals surface area (Å²) in [6.07, 6.45) is 1.67. The Morgan fingerprint density at radius 3 is 2.75 bits per heavy atom. The molecule has 0 spiro atoms. The van der Waals surface area contributed by atoms with Gasteiger partial charge in [-0.25, -0.2) is 9.18 Å². The highest BCUT2D eigenvalue weighted by molar-refractivity contribution is 5.74. The SMILES string of the molecule is CC(C)[C@H](NC(=O)NCc1cc(C#N)ccc1F)c1ccccn1. The van der Waals surface area contributed by atoms with E-state index in [1.165, 1.54) is 18.2 Å². The molecule has 2 amide bonds. The first kappa shape index (κ1) is 17.4. The van der Waals surface area contributed by atoms with Crippen LogP contribution in [0.15, 0.2) is 42.6 Å². The Morgan fingerprint density at radius 1 is 1.33 bits per heavy atom. The fraction of sp³-hybridized carbons (Fsp3) is 0.278. The standard InChI is InChI=1S/C18H19FN4O/c1-12(2)17(16-5-3-4-8-21-16)23-18(24)22-11-14-9-13(10-20)6-7-15(14)19/h3-9,12,17H,11H2,1-2H3,(H2,22,23,24)/t17-/m0/s1. The third-order valence-electron chi connectivity index (χ3n) is 3.57. The number of nitriles is 1. The number of rotatable bonds is 5. The minimum atomic E-state index is -0.459. The lowest BCUT2D eigenvalue weighted by molar-refractivity contribution is 0.232. The highest BCUT2D eigenvalue weighted by Crippen LogP contribution is 2.19. The van der Waals surface area contributed by atoms with Crippen molar-refractivity contribution in [1.29, 1.82) is 5.26 Å². The van der Waals surface area contributed by atoms with E-state index in [9.17, 15) is 9.18 Å². The third-order valence-corrected chi connectivity index (χ3v) is 3.57. The largest absolute Gasteiger partial charge is 0.334 e.